The van der Waals surface area contributed by atoms with E-state index in [4.69, 9.17) is 11.6 Å². The van der Waals surface area contributed by atoms with E-state index in [0.717, 1.165) is 5.56 Å². The second kappa shape index (κ2) is 11.1. The second-order valence-electron chi connectivity index (χ2n) is 9.44. The van der Waals surface area contributed by atoms with Gasteiger partial charge >= 0.3 is 0 Å². The van der Waals surface area contributed by atoms with Crippen LogP contribution in [0, 0.1) is 0 Å². The molecule has 1 N–H and O–H groups in total. The quantitative estimate of drug-likeness (QED) is 0.320. The standard InChI is InChI=1S/C29H23ClN8O3/c30-20-6-9-24(38-13-12-33-35-38)25(15-20)36-17-28(40)37(18-27(36)39)26(14-19-4-2-1-3-5-19)29(41)34-21-7-8-22-23(16-21)32-11-10-31-22/h1-13,15-16,26H,14,17-18H2,(H,34,41). The third-order valence-corrected chi connectivity index (χ3v) is 7.04. The molecule has 0 spiro atoms. The highest BCUT2D eigenvalue weighted by Crippen LogP contribution is 2.30. The smallest absolute Gasteiger partial charge is 0.247 e. The van der Waals surface area contributed by atoms with Gasteiger partial charge in [0, 0.05) is 29.5 Å². The number of nitrogens with one attached hydrogen (secondary N) is 1. The molecule has 3 amide bonds. The maximum atomic E-state index is 13.7. The molecule has 0 radical (unpaired) electrons. The van der Waals surface area contributed by atoms with Gasteiger partial charge in [-0.15, -0.1) is 5.10 Å². The van der Waals surface area contributed by atoms with Crippen LogP contribution >= 0.6 is 11.6 Å². The number of halogens is 1. The van der Waals surface area contributed by atoms with E-state index in [1.54, 1.807) is 55.0 Å². The maximum absolute atomic E-state index is 13.7. The van der Waals surface area contributed by atoms with Crippen LogP contribution in [0.25, 0.3) is 16.7 Å². The number of piperazine rings is 1. The molecule has 1 aliphatic heterocycles. The molecule has 0 bridgehead atoms. The fraction of sp³-hybridized carbons (Fsp3) is 0.138. The van der Waals surface area contributed by atoms with Crippen molar-refractivity contribution in [3.8, 4) is 5.69 Å². The van der Waals surface area contributed by atoms with Crippen molar-refractivity contribution in [2.75, 3.05) is 23.3 Å². The van der Waals surface area contributed by atoms with E-state index < -0.39 is 11.9 Å². The zero-order valence-corrected chi connectivity index (χ0v) is 22.3. The zero-order chi connectivity index (χ0) is 28.3. The molecule has 1 aliphatic rings. The Bertz CT molecular complexity index is 1750. The lowest BCUT2D eigenvalue weighted by Gasteiger charge is -2.38. The second-order valence-corrected chi connectivity index (χ2v) is 9.87. The number of aromatic nitrogens is 5. The molecular formula is C29H23ClN8O3. The molecule has 1 unspecified atom stereocenters. The van der Waals surface area contributed by atoms with Crippen LogP contribution in [-0.4, -0.2) is 66.7 Å². The number of hydrogen-bond donors (Lipinski definition) is 1. The van der Waals surface area contributed by atoms with Gasteiger partial charge in [0.2, 0.25) is 17.7 Å². The van der Waals surface area contributed by atoms with Gasteiger partial charge in [-0.3, -0.25) is 29.3 Å². The molecule has 3 aromatic carbocycles. The van der Waals surface area contributed by atoms with Crippen molar-refractivity contribution in [3.05, 3.63) is 102 Å². The molecule has 1 saturated heterocycles. The zero-order valence-electron chi connectivity index (χ0n) is 21.6. The van der Waals surface area contributed by atoms with Crippen molar-refractivity contribution in [1.29, 1.82) is 0 Å². The van der Waals surface area contributed by atoms with Gasteiger partial charge in [0.25, 0.3) is 0 Å². The van der Waals surface area contributed by atoms with Gasteiger partial charge in [-0.25, -0.2) is 4.68 Å². The minimum atomic E-state index is -0.942. The summed E-state index contributed by atoms with van der Waals surface area (Å²) in [6.45, 7) is -0.568. The minimum Gasteiger partial charge on any atom is -0.324 e. The third-order valence-electron chi connectivity index (χ3n) is 6.81. The number of amides is 3. The Kier molecular flexibility index (Phi) is 7.09. The van der Waals surface area contributed by atoms with Crippen molar-refractivity contribution < 1.29 is 14.4 Å². The first-order valence-electron chi connectivity index (χ1n) is 12.8. The summed E-state index contributed by atoms with van der Waals surface area (Å²) in [7, 11) is 0. The van der Waals surface area contributed by atoms with Crippen LogP contribution in [0.2, 0.25) is 5.02 Å². The highest BCUT2D eigenvalue weighted by molar-refractivity contribution is 6.31. The van der Waals surface area contributed by atoms with Gasteiger partial charge in [-0.1, -0.05) is 47.1 Å². The van der Waals surface area contributed by atoms with Crippen molar-refractivity contribution in [2.45, 2.75) is 12.5 Å². The van der Waals surface area contributed by atoms with Crippen molar-refractivity contribution in [3.63, 3.8) is 0 Å². The Morgan fingerprint density at radius 3 is 2.46 bits per heavy atom. The summed E-state index contributed by atoms with van der Waals surface area (Å²) < 4.78 is 1.50. The summed E-state index contributed by atoms with van der Waals surface area (Å²) in [5, 5.41) is 11.2. The van der Waals surface area contributed by atoms with Gasteiger partial charge in [0.1, 0.15) is 19.1 Å². The van der Waals surface area contributed by atoms with Crippen LogP contribution in [0.4, 0.5) is 11.4 Å². The van der Waals surface area contributed by atoms with Crippen molar-refractivity contribution >= 4 is 51.7 Å². The Balaban J connectivity index is 1.29. The van der Waals surface area contributed by atoms with E-state index in [2.05, 4.69) is 25.6 Å². The van der Waals surface area contributed by atoms with E-state index in [0.29, 0.717) is 33.1 Å². The molecule has 0 aliphatic carbocycles. The highest BCUT2D eigenvalue weighted by atomic mass is 35.5. The van der Waals surface area contributed by atoms with E-state index in [9.17, 15) is 14.4 Å². The summed E-state index contributed by atoms with van der Waals surface area (Å²) in [4.78, 5) is 52.2. The van der Waals surface area contributed by atoms with E-state index in [1.165, 1.54) is 20.7 Å². The highest BCUT2D eigenvalue weighted by Gasteiger charge is 2.39. The molecule has 5 aromatic rings. The number of carbonyl (C=O) groups is 3. The first kappa shape index (κ1) is 26.1. The van der Waals surface area contributed by atoms with Gasteiger partial charge in [0.15, 0.2) is 0 Å². The van der Waals surface area contributed by atoms with E-state index in [1.807, 2.05) is 30.3 Å². The van der Waals surface area contributed by atoms with Crippen LogP contribution in [0.5, 0.6) is 0 Å². The Morgan fingerprint density at radius 2 is 1.68 bits per heavy atom. The molecule has 1 atom stereocenters. The summed E-state index contributed by atoms with van der Waals surface area (Å²) in [6, 6.07) is 18.6. The number of anilines is 2. The molecule has 1 fully saturated rings. The first-order valence-corrected chi connectivity index (χ1v) is 13.2. The number of rotatable bonds is 7. The predicted octanol–water partition coefficient (Wildman–Crippen LogP) is 3.29. The summed E-state index contributed by atoms with van der Waals surface area (Å²) in [5.74, 6) is -1.16. The minimum absolute atomic E-state index is 0.223. The van der Waals surface area contributed by atoms with Crippen molar-refractivity contribution in [2.24, 2.45) is 0 Å². The van der Waals surface area contributed by atoms with E-state index >= 15 is 0 Å². The average molecular weight is 567 g/mol. The topological polar surface area (TPSA) is 126 Å². The lowest BCUT2D eigenvalue weighted by Crippen LogP contribution is -2.60. The largest absolute Gasteiger partial charge is 0.324 e. The molecule has 204 valence electrons. The Hall–Kier alpha value is -5.16. The summed E-state index contributed by atoms with van der Waals surface area (Å²) >= 11 is 6.27. The molecular weight excluding hydrogens is 544 g/mol. The monoisotopic (exact) mass is 566 g/mol. The summed E-state index contributed by atoms with van der Waals surface area (Å²) in [6.07, 6.45) is 6.54. The van der Waals surface area contributed by atoms with Crippen LogP contribution < -0.4 is 10.2 Å². The number of benzene rings is 3. The van der Waals surface area contributed by atoms with Gasteiger partial charge in [0.05, 0.1) is 34.8 Å². The Morgan fingerprint density at radius 1 is 0.878 bits per heavy atom. The fourth-order valence-corrected chi connectivity index (χ4v) is 4.99. The number of carbonyl (C=O) groups excluding carboxylic acids is 3. The normalized spacial score (nSPS) is 14.4. The maximum Gasteiger partial charge on any atom is 0.247 e. The van der Waals surface area contributed by atoms with Crippen LogP contribution in [0.3, 0.4) is 0 Å². The molecule has 3 heterocycles. The van der Waals surface area contributed by atoms with Gasteiger partial charge in [-0.05, 0) is 42.0 Å². The average Bonchev–Trinajstić information content (AvgIpc) is 3.52. The van der Waals surface area contributed by atoms with Gasteiger partial charge < -0.3 is 10.2 Å². The van der Waals surface area contributed by atoms with Crippen LogP contribution in [0.15, 0.2) is 91.5 Å². The number of hydrogen-bond acceptors (Lipinski definition) is 7. The molecule has 0 saturated carbocycles. The first-order chi connectivity index (χ1) is 20.0. The SMILES string of the molecule is O=C(Nc1ccc2nccnc2c1)C(Cc1ccccc1)N1CC(=O)N(c2cc(Cl)ccc2-n2ccnn2)CC1=O. The van der Waals surface area contributed by atoms with E-state index in [-0.39, 0.29) is 31.3 Å². The summed E-state index contributed by atoms with van der Waals surface area (Å²) in [5.41, 5.74) is 3.63. The predicted molar refractivity (Wildman–Crippen MR) is 153 cm³/mol. The van der Waals surface area contributed by atoms with Crippen LogP contribution in [-0.2, 0) is 20.8 Å². The number of nitrogens with zero attached hydrogens (tertiary/aromatic N) is 7. The molecule has 41 heavy (non-hydrogen) atoms. The van der Waals surface area contributed by atoms with Crippen LogP contribution in [0.1, 0.15) is 5.56 Å². The molecule has 12 heteroatoms. The number of fused-ring (bicyclic) bond motifs is 1. The molecule has 11 nitrogen and oxygen atoms in total. The van der Waals surface area contributed by atoms with Gasteiger partial charge in [-0.2, -0.15) is 0 Å². The van der Waals surface area contributed by atoms with Crippen molar-refractivity contribution in [1.82, 2.24) is 29.9 Å². The lowest BCUT2D eigenvalue weighted by atomic mass is 10.0. The molecule has 2 aromatic heterocycles. The fourth-order valence-electron chi connectivity index (χ4n) is 4.83. The molecule has 6 rings (SSSR count). The Labute approximate surface area is 239 Å². The lowest BCUT2D eigenvalue weighted by molar-refractivity contribution is -0.143. The third kappa shape index (κ3) is 5.48.